The number of halogens is 1. The van der Waals surface area contributed by atoms with Gasteiger partial charge in [-0.2, -0.15) is 9.97 Å². The van der Waals surface area contributed by atoms with Crippen LogP contribution in [-0.2, 0) is 22.7 Å². The summed E-state index contributed by atoms with van der Waals surface area (Å²) in [7, 11) is 0. The second-order valence-electron chi connectivity index (χ2n) is 7.06. The average molecular weight is 444 g/mol. The molecule has 1 aromatic heterocycles. The number of ether oxygens (including phenoxy) is 1. The van der Waals surface area contributed by atoms with E-state index >= 15 is 0 Å². The van der Waals surface area contributed by atoms with E-state index in [1.165, 1.54) is 18.7 Å². The van der Waals surface area contributed by atoms with E-state index in [1.54, 1.807) is 0 Å². The fraction of sp³-hybridized carbons (Fsp3) is 0.333. The first-order valence-electron chi connectivity index (χ1n) is 9.73. The number of amides is 1. The van der Waals surface area contributed by atoms with Crippen LogP contribution in [0.15, 0.2) is 29.4 Å². The lowest BCUT2D eigenvalue weighted by Gasteiger charge is -2.20. The number of hydrogen-bond acceptors (Lipinski definition) is 7. The smallest absolute Gasteiger partial charge is 0.224 e. The van der Waals surface area contributed by atoms with Crippen molar-refractivity contribution in [1.82, 2.24) is 20.3 Å². The fourth-order valence-electron chi connectivity index (χ4n) is 3.55. The Kier molecular flexibility index (Phi) is 6.36. The Balaban J connectivity index is 1.61. The topological polar surface area (TPSA) is 103 Å². The van der Waals surface area contributed by atoms with Crippen LogP contribution in [0.25, 0.3) is 22.2 Å². The number of nitrogen functional groups attached to an aromatic ring is 1. The lowest BCUT2D eigenvalue weighted by molar-refractivity contribution is -0.118. The monoisotopic (exact) mass is 443 g/mol. The quantitative estimate of drug-likeness (QED) is 0.420. The Hall–Kier alpha value is -2.42. The van der Waals surface area contributed by atoms with Gasteiger partial charge in [-0.05, 0) is 40.8 Å². The van der Waals surface area contributed by atoms with E-state index in [0.29, 0.717) is 35.8 Å². The number of rotatable bonds is 7. The fourth-order valence-corrected chi connectivity index (χ4v) is 4.71. The number of carbonyl (C=O) groups is 1. The minimum Gasteiger partial charge on any atom is -0.372 e. The van der Waals surface area contributed by atoms with Crippen molar-refractivity contribution in [3.8, 4) is 11.4 Å². The van der Waals surface area contributed by atoms with Crippen molar-refractivity contribution in [2.45, 2.75) is 38.1 Å². The molecule has 2 aromatic carbocycles. The number of benzene rings is 2. The molecule has 0 bridgehead atoms. The van der Waals surface area contributed by atoms with Crippen LogP contribution in [0.2, 0.25) is 5.02 Å². The molecule has 0 saturated carbocycles. The normalized spacial score (nSPS) is 12.9. The van der Waals surface area contributed by atoms with Gasteiger partial charge in [0.15, 0.2) is 11.0 Å². The summed E-state index contributed by atoms with van der Waals surface area (Å²) < 4.78 is 5.66. The highest BCUT2D eigenvalue weighted by molar-refractivity contribution is 7.99. The number of anilines is 1. The zero-order valence-electron chi connectivity index (χ0n) is 16.6. The minimum atomic E-state index is -0.0120. The first-order valence-corrected chi connectivity index (χ1v) is 11.1. The molecule has 0 unspecified atom stereocenters. The molecule has 3 aromatic rings. The van der Waals surface area contributed by atoms with Crippen LogP contribution in [-0.4, -0.2) is 33.2 Å². The summed E-state index contributed by atoms with van der Waals surface area (Å²) in [6, 6.07) is 8.01. The van der Waals surface area contributed by atoms with Gasteiger partial charge >= 0.3 is 0 Å². The van der Waals surface area contributed by atoms with Gasteiger partial charge in [-0.15, -0.1) is 0 Å². The van der Waals surface area contributed by atoms with Crippen LogP contribution in [0, 0.1) is 0 Å². The van der Waals surface area contributed by atoms with Crippen molar-refractivity contribution in [2.75, 3.05) is 18.0 Å². The number of hydrogen-bond donors (Lipinski definition) is 2. The van der Waals surface area contributed by atoms with E-state index in [1.807, 2.05) is 18.2 Å². The number of carbonyl (C=O) groups excluding carboxylic acids is 1. The average Bonchev–Trinajstić information content (AvgIpc) is 2.70. The van der Waals surface area contributed by atoms with E-state index in [9.17, 15) is 4.79 Å². The Bertz CT molecular complexity index is 1110. The number of nitrogens with two attached hydrogens (primary N) is 1. The number of unbranched alkanes of at least 4 members (excludes halogenated alkanes) is 1. The van der Waals surface area contributed by atoms with Gasteiger partial charge in [0.2, 0.25) is 11.9 Å². The van der Waals surface area contributed by atoms with Crippen LogP contribution < -0.4 is 11.1 Å². The summed E-state index contributed by atoms with van der Waals surface area (Å²) >= 11 is 8.17. The van der Waals surface area contributed by atoms with Crippen LogP contribution in [0.1, 0.15) is 30.9 Å². The summed E-state index contributed by atoms with van der Waals surface area (Å²) in [4.78, 5) is 24.2. The van der Waals surface area contributed by atoms with Gasteiger partial charge in [-0.1, -0.05) is 41.6 Å². The summed E-state index contributed by atoms with van der Waals surface area (Å²) in [5.74, 6) is 1.45. The number of aromatic nitrogens is 3. The molecule has 7 nitrogen and oxygen atoms in total. The molecule has 156 valence electrons. The van der Waals surface area contributed by atoms with Crippen LogP contribution in [0.3, 0.4) is 0 Å². The summed E-state index contributed by atoms with van der Waals surface area (Å²) in [5.41, 5.74) is 8.95. The van der Waals surface area contributed by atoms with Crippen LogP contribution in [0.4, 0.5) is 5.95 Å². The number of thioether (sulfide) groups is 1. The maximum Gasteiger partial charge on any atom is 0.224 e. The molecule has 30 heavy (non-hydrogen) atoms. The predicted octanol–water partition coefficient (Wildman–Crippen LogP) is 3.97. The Morgan fingerprint density at radius 2 is 2.07 bits per heavy atom. The Labute approximate surface area is 183 Å². The minimum absolute atomic E-state index is 0.0120. The third-order valence-electron chi connectivity index (χ3n) is 4.83. The SMILES string of the molecule is CC(=O)NCCCCSc1nc(N)nc(-c2c(Cl)cc3c4c(cccc24)COC3)n1. The zero-order chi connectivity index (χ0) is 21.1. The molecule has 0 saturated heterocycles. The summed E-state index contributed by atoms with van der Waals surface area (Å²) in [6.45, 7) is 3.29. The number of nitrogens with one attached hydrogen (secondary N) is 1. The highest BCUT2D eigenvalue weighted by Gasteiger charge is 2.20. The number of nitrogens with zero attached hydrogens (tertiary/aromatic N) is 3. The molecule has 0 aliphatic carbocycles. The molecular weight excluding hydrogens is 422 g/mol. The van der Waals surface area contributed by atoms with E-state index < -0.39 is 0 Å². The zero-order valence-corrected chi connectivity index (χ0v) is 18.1. The highest BCUT2D eigenvalue weighted by atomic mass is 35.5. The lowest BCUT2D eigenvalue weighted by Crippen LogP contribution is -2.20. The summed E-state index contributed by atoms with van der Waals surface area (Å²) in [5, 5.41) is 6.07. The lowest BCUT2D eigenvalue weighted by atomic mass is 9.94. The van der Waals surface area contributed by atoms with Crippen LogP contribution in [0.5, 0.6) is 0 Å². The third kappa shape index (κ3) is 4.50. The first-order chi connectivity index (χ1) is 14.5. The Morgan fingerprint density at radius 3 is 2.90 bits per heavy atom. The third-order valence-corrected chi connectivity index (χ3v) is 6.06. The van der Waals surface area contributed by atoms with Gasteiger partial charge in [-0.3, -0.25) is 4.79 Å². The molecule has 1 aliphatic rings. The molecule has 2 heterocycles. The first kappa shape index (κ1) is 20.8. The largest absolute Gasteiger partial charge is 0.372 e. The molecule has 0 atom stereocenters. The molecular formula is C21H22ClN5O2S. The van der Waals surface area contributed by atoms with Crippen molar-refractivity contribution in [2.24, 2.45) is 0 Å². The summed E-state index contributed by atoms with van der Waals surface area (Å²) in [6.07, 6.45) is 1.82. The van der Waals surface area contributed by atoms with E-state index in [0.717, 1.165) is 46.1 Å². The second kappa shape index (κ2) is 9.16. The van der Waals surface area contributed by atoms with Crippen molar-refractivity contribution in [1.29, 1.82) is 0 Å². The maximum atomic E-state index is 10.9. The molecule has 1 amide bonds. The molecule has 9 heteroatoms. The van der Waals surface area contributed by atoms with E-state index in [-0.39, 0.29) is 11.9 Å². The van der Waals surface area contributed by atoms with Gasteiger partial charge in [0, 0.05) is 24.8 Å². The van der Waals surface area contributed by atoms with Crippen molar-refractivity contribution >= 4 is 46.0 Å². The molecule has 4 rings (SSSR count). The highest BCUT2D eigenvalue weighted by Crippen LogP contribution is 2.39. The maximum absolute atomic E-state index is 10.9. The van der Waals surface area contributed by atoms with Gasteiger partial charge in [0.05, 0.1) is 18.2 Å². The molecule has 0 radical (unpaired) electrons. The van der Waals surface area contributed by atoms with E-state index in [4.69, 9.17) is 22.1 Å². The van der Waals surface area contributed by atoms with Gasteiger partial charge in [0.1, 0.15) is 0 Å². The Morgan fingerprint density at radius 1 is 1.23 bits per heavy atom. The standard InChI is InChI=1S/C21H22ClN5O2S/c1-12(28)24-7-2-3-8-30-21-26-19(25-20(23)27-21)18-15-6-4-5-13-10-29-11-14(17(13)15)9-16(18)22/h4-6,9H,2-3,7-8,10-11H2,1H3,(H,24,28)(H2,23,25,26,27). The van der Waals surface area contributed by atoms with Crippen molar-refractivity contribution in [3.63, 3.8) is 0 Å². The molecule has 1 aliphatic heterocycles. The molecule has 0 spiro atoms. The van der Waals surface area contributed by atoms with Gasteiger partial charge in [0.25, 0.3) is 0 Å². The van der Waals surface area contributed by atoms with Gasteiger partial charge < -0.3 is 15.8 Å². The second-order valence-corrected chi connectivity index (χ2v) is 8.53. The van der Waals surface area contributed by atoms with Crippen molar-refractivity contribution in [3.05, 3.63) is 40.4 Å². The van der Waals surface area contributed by atoms with Gasteiger partial charge in [-0.25, -0.2) is 4.98 Å². The van der Waals surface area contributed by atoms with Crippen LogP contribution >= 0.6 is 23.4 Å². The van der Waals surface area contributed by atoms with Crippen molar-refractivity contribution < 1.29 is 9.53 Å². The predicted molar refractivity (Wildman–Crippen MR) is 119 cm³/mol. The van der Waals surface area contributed by atoms with E-state index in [2.05, 4.69) is 26.3 Å². The molecule has 3 N–H and O–H groups in total. The molecule has 0 fully saturated rings.